The van der Waals surface area contributed by atoms with Crippen molar-refractivity contribution < 1.29 is 26.3 Å². The van der Waals surface area contributed by atoms with Crippen LogP contribution in [0.3, 0.4) is 0 Å². The second kappa shape index (κ2) is 6.63. The van der Waals surface area contributed by atoms with E-state index in [2.05, 4.69) is 9.88 Å². The van der Waals surface area contributed by atoms with Crippen LogP contribution in [-0.2, 0) is 20.9 Å². The van der Waals surface area contributed by atoms with Crippen LogP contribution >= 0.6 is 0 Å². The van der Waals surface area contributed by atoms with Gasteiger partial charge in [-0.05, 0) is 37.8 Å². The van der Waals surface area contributed by atoms with Crippen molar-refractivity contribution in [3.05, 3.63) is 23.5 Å². The van der Waals surface area contributed by atoms with Gasteiger partial charge < -0.3 is 4.74 Å². The van der Waals surface area contributed by atoms with E-state index in [9.17, 15) is 21.6 Å². The minimum atomic E-state index is -4.58. The Kier molecular flexibility index (Phi) is 4.51. The third-order valence-electron chi connectivity index (χ3n) is 6.57. The van der Waals surface area contributed by atoms with Gasteiger partial charge in [-0.1, -0.05) is 0 Å². The predicted molar refractivity (Wildman–Crippen MR) is 97.8 cm³/mol. The lowest BCUT2D eigenvalue weighted by atomic mass is 9.73. The predicted octanol–water partition coefficient (Wildman–Crippen LogP) is 2.46. The number of nitrogens with zero attached hydrogens (tertiary/aromatic N) is 3. The Balaban J connectivity index is 1.29. The average molecular weight is 431 g/mol. The molecule has 29 heavy (non-hydrogen) atoms. The Morgan fingerprint density at radius 1 is 1.03 bits per heavy atom. The molecule has 1 saturated carbocycles. The van der Waals surface area contributed by atoms with Crippen LogP contribution in [0.1, 0.15) is 43.0 Å². The van der Waals surface area contributed by atoms with Gasteiger partial charge in [0, 0.05) is 56.8 Å². The molecule has 1 aliphatic carbocycles. The standard InChI is InChI=1S/C19H24F3N3O3S/c20-19(21,22)16-4-3-15(17(23-16)13-1-2-13)29(26,27)25-11-18(12-25)9-24(10-18)14-5-7-28-8-6-14/h3-4,13-14H,1-2,5-12H2. The quantitative estimate of drug-likeness (QED) is 0.733. The summed E-state index contributed by atoms with van der Waals surface area (Å²) in [6.45, 7) is 4.17. The molecule has 0 N–H and O–H groups in total. The summed E-state index contributed by atoms with van der Waals surface area (Å²) in [6.07, 6.45) is -1.19. The minimum Gasteiger partial charge on any atom is -0.381 e. The summed E-state index contributed by atoms with van der Waals surface area (Å²) in [7, 11) is -3.82. The van der Waals surface area contributed by atoms with Crippen LogP contribution in [0, 0.1) is 5.41 Å². The number of ether oxygens (including phenoxy) is 1. The summed E-state index contributed by atoms with van der Waals surface area (Å²) in [5, 5.41) is 0. The summed E-state index contributed by atoms with van der Waals surface area (Å²) in [5.41, 5.74) is -0.951. The van der Waals surface area contributed by atoms with E-state index in [0.29, 0.717) is 32.0 Å². The Morgan fingerprint density at radius 3 is 2.28 bits per heavy atom. The number of hydrogen-bond acceptors (Lipinski definition) is 5. The molecule has 10 heteroatoms. The normalized spacial score (nSPS) is 26.3. The molecule has 0 atom stereocenters. The molecule has 1 aromatic heterocycles. The highest BCUT2D eigenvalue weighted by atomic mass is 32.2. The molecule has 6 nitrogen and oxygen atoms in total. The summed E-state index contributed by atoms with van der Waals surface area (Å²) in [6, 6.07) is 2.39. The first-order chi connectivity index (χ1) is 13.7. The van der Waals surface area contributed by atoms with Gasteiger partial charge in [-0.15, -0.1) is 0 Å². The first-order valence-electron chi connectivity index (χ1n) is 10.1. The molecule has 0 unspecified atom stereocenters. The number of pyridine rings is 1. The van der Waals surface area contributed by atoms with Gasteiger partial charge in [-0.25, -0.2) is 13.4 Å². The third kappa shape index (κ3) is 3.47. The molecule has 3 saturated heterocycles. The molecule has 0 amide bonds. The van der Waals surface area contributed by atoms with Gasteiger partial charge in [-0.2, -0.15) is 17.5 Å². The molecular formula is C19H24F3N3O3S. The summed E-state index contributed by atoms with van der Waals surface area (Å²) >= 11 is 0. The van der Waals surface area contributed by atoms with E-state index in [1.165, 1.54) is 4.31 Å². The van der Waals surface area contributed by atoms with Crippen LogP contribution in [0.2, 0.25) is 0 Å². The van der Waals surface area contributed by atoms with Crippen LogP contribution in [0.4, 0.5) is 13.2 Å². The number of aromatic nitrogens is 1. The number of halogens is 3. The third-order valence-corrected chi connectivity index (χ3v) is 8.41. The largest absolute Gasteiger partial charge is 0.433 e. The highest BCUT2D eigenvalue weighted by Crippen LogP contribution is 2.47. The molecule has 4 fully saturated rings. The number of rotatable bonds is 4. The fourth-order valence-electron chi connectivity index (χ4n) is 4.82. The second-order valence-corrected chi connectivity index (χ2v) is 10.8. The summed E-state index contributed by atoms with van der Waals surface area (Å²) in [5.74, 6) is -0.190. The summed E-state index contributed by atoms with van der Waals surface area (Å²) in [4.78, 5) is 6.06. The van der Waals surface area contributed by atoms with E-state index in [1.807, 2.05) is 0 Å². The first kappa shape index (κ1) is 19.7. The fraction of sp³-hybridized carbons (Fsp3) is 0.737. The second-order valence-electron chi connectivity index (χ2n) is 8.87. The van der Waals surface area contributed by atoms with Gasteiger partial charge in [-0.3, -0.25) is 4.90 Å². The van der Waals surface area contributed by atoms with E-state index >= 15 is 0 Å². The van der Waals surface area contributed by atoms with Gasteiger partial charge in [0.1, 0.15) is 10.6 Å². The summed E-state index contributed by atoms with van der Waals surface area (Å²) < 4.78 is 72.1. The van der Waals surface area contributed by atoms with Crippen LogP contribution in [0.25, 0.3) is 0 Å². The Hall–Kier alpha value is -1.23. The Labute approximate surface area is 168 Å². The lowest BCUT2D eigenvalue weighted by molar-refractivity contribution is -0.141. The Morgan fingerprint density at radius 2 is 1.69 bits per heavy atom. The van der Waals surface area contributed by atoms with Crippen molar-refractivity contribution in [2.45, 2.75) is 48.7 Å². The maximum absolute atomic E-state index is 13.1. The SMILES string of the molecule is O=S(=O)(c1ccc(C(F)(F)F)nc1C1CC1)N1CC2(CN(C3CCOCC3)C2)C1. The van der Waals surface area contributed by atoms with Gasteiger partial charge >= 0.3 is 6.18 Å². The first-order valence-corrected chi connectivity index (χ1v) is 11.5. The molecular weight excluding hydrogens is 407 g/mol. The van der Waals surface area contributed by atoms with Gasteiger partial charge in [0.15, 0.2) is 0 Å². The monoisotopic (exact) mass is 431 g/mol. The highest BCUT2D eigenvalue weighted by Gasteiger charge is 2.56. The molecule has 3 aliphatic heterocycles. The zero-order valence-corrected chi connectivity index (χ0v) is 16.8. The molecule has 160 valence electrons. The zero-order chi connectivity index (χ0) is 20.4. The van der Waals surface area contributed by atoms with Crippen molar-refractivity contribution in [2.75, 3.05) is 39.4 Å². The molecule has 0 radical (unpaired) electrons. The Bertz CT molecular complexity index is 897. The van der Waals surface area contributed by atoms with Crippen molar-refractivity contribution in [2.24, 2.45) is 5.41 Å². The maximum Gasteiger partial charge on any atom is 0.433 e. The van der Waals surface area contributed by atoms with Crippen LogP contribution < -0.4 is 0 Å². The van der Waals surface area contributed by atoms with Crippen LogP contribution in [-0.4, -0.2) is 68.0 Å². The molecule has 0 bridgehead atoms. The topological polar surface area (TPSA) is 62.7 Å². The number of hydrogen-bond donors (Lipinski definition) is 0. The zero-order valence-electron chi connectivity index (χ0n) is 16.0. The molecule has 4 heterocycles. The van der Waals surface area contributed by atoms with Crippen molar-refractivity contribution in [1.29, 1.82) is 0 Å². The van der Waals surface area contributed by atoms with Crippen LogP contribution in [0.5, 0.6) is 0 Å². The smallest absolute Gasteiger partial charge is 0.381 e. The number of likely N-dealkylation sites (tertiary alicyclic amines) is 1. The van der Waals surface area contributed by atoms with Crippen LogP contribution in [0.15, 0.2) is 17.0 Å². The molecule has 1 aromatic rings. The number of alkyl halides is 3. The van der Waals surface area contributed by atoms with E-state index in [0.717, 1.165) is 51.3 Å². The van der Waals surface area contributed by atoms with E-state index in [1.54, 1.807) is 0 Å². The highest BCUT2D eigenvalue weighted by molar-refractivity contribution is 7.89. The average Bonchev–Trinajstić information content (AvgIpc) is 3.44. The van der Waals surface area contributed by atoms with E-state index in [-0.39, 0.29) is 21.9 Å². The number of sulfonamides is 1. The van der Waals surface area contributed by atoms with Crippen molar-refractivity contribution in [1.82, 2.24) is 14.2 Å². The molecule has 4 aliphatic rings. The van der Waals surface area contributed by atoms with Crippen molar-refractivity contribution in [3.8, 4) is 0 Å². The van der Waals surface area contributed by atoms with Crippen molar-refractivity contribution in [3.63, 3.8) is 0 Å². The molecule has 1 spiro atoms. The fourth-order valence-corrected chi connectivity index (χ4v) is 6.70. The van der Waals surface area contributed by atoms with E-state index in [4.69, 9.17) is 4.74 Å². The maximum atomic E-state index is 13.1. The van der Waals surface area contributed by atoms with Gasteiger partial charge in [0.2, 0.25) is 10.0 Å². The lowest BCUT2D eigenvalue weighted by Crippen LogP contribution is -2.74. The lowest BCUT2D eigenvalue weighted by Gasteiger charge is -2.61. The van der Waals surface area contributed by atoms with Gasteiger partial charge in [0.05, 0.1) is 5.69 Å². The van der Waals surface area contributed by atoms with E-state index < -0.39 is 21.9 Å². The molecule has 0 aromatic carbocycles. The minimum absolute atomic E-state index is 0.00947. The molecule has 5 rings (SSSR count). The van der Waals surface area contributed by atoms with Gasteiger partial charge in [0.25, 0.3) is 0 Å². The van der Waals surface area contributed by atoms with Crippen molar-refractivity contribution >= 4 is 10.0 Å².